The van der Waals surface area contributed by atoms with E-state index in [1.165, 1.54) is 0 Å². The van der Waals surface area contributed by atoms with Gasteiger partial charge < -0.3 is 0 Å². The summed E-state index contributed by atoms with van der Waals surface area (Å²) in [7, 11) is 0. The summed E-state index contributed by atoms with van der Waals surface area (Å²) in [4.78, 5) is 12.4. The van der Waals surface area contributed by atoms with Crippen molar-refractivity contribution < 1.29 is 35.5 Å². The summed E-state index contributed by atoms with van der Waals surface area (Å²) in [6.45, 7) is 0. The van der Waals surface area contributed by atoms with Crippen molar-refractivity contribution in [1.29, 1.82) is 0 Å². The Morgan fingerprint density at radius 2 is 1.56 bits per heavy atom. The summed E-state index contributed by atoms with van der Waals surface area (Å²) in [6, 6.07) is 3.37. The summed E-state index contributed by atoms with van der Waals surface area (Å²) in [6.07, 6.45) is -6.72. The van der Waals surface area contributed by atoms with E-state index >= 15 is 0 Å². The Labute approximate surface area is 216 Å². The van der Waals surface area contributed by atoms with Crippen LogP contribution in [0.4, 0.5) is 30.7 Å². The van der Waals surface area contributed by atoms with Crippen LogP contribution in [0.25, 0.3) is 5.83 Å². The highest BCUT2D eigenvalue weighted by Crippen LogP contribution is 2.42. The number of alkyl halides is 6. The first-order valence-electron chi connectivity index (χ1n) is 10.5. The van der Waals surface area contributed by atoms with Gasteiger partial charge in [-0.15, -0.1) is 0 Å². The van der Waals surface area contributed by atoms with Gasteiger partial charge in [-0.2, -0.15) is 26.3 Å². The van der Waals surface area contributed by atoms with Gasteiger partial charge in [0.05, 0.1) is 26.2 Å². The van der Waals surface area contributed by atoms with Crippen molar-refractivity contribution in [2.45, 2.75) is 50.0 Å². The molecule has 0 bridgehead atoms. The second-order valence-electron chi connectivity index (χ2n) is 8.17. The molecule has 3 nitrogen and oxygen atoms in total. The second kappa shape index (κ2) is 11.2. The lowest BCUT2D eigenvalue weighted by Crippen LogP contribution is -2.43. The van der Waals surface area contributed by atoms with Crippen molar-refractivity contribution in [2.24, 2.45) is 0 Å². The fourth-order valence-electron chi connectivity index (χ4n) is 3.81. The molecule has 0 heterocycles. The van der Waals surface area contributed by atoms with Gasteiger partial charge in [-0.3, -0.25) is 10.2 Å². The molecule has 0 spiro atoms. The molecule has 0 saturated heterocycles. The van der Waals surface area contributed by atoms with E-state index in [0.29, 0.717) is 6.07 Å². The average Bonchev–Trinajstić information content (AvgIpc) is 3.31. The van der Waals surface area contributed by atoms with Crippen LogP contribution in [0.15, 0.2) is 36.4 Å². The minimum Gasteiger partial charge on any atom is -0.287 e. The molecular formula is C23H18Cl3F7N2O. The second-order valence-corrected chi connectivity index (χ2v) is 9.36. The Kier molecular flexibility index (Phi) is 8.86. The molecule has 0 radical (unpaired) electrons. The van der Waals surface area contributed by atoms with Gasteiger partial charge in [0.25, 0.3) is 5.91 Å². The maximum absolute atomic E-state index is 14.9. The standard InChI is InChI=1S/C23H18Cl3F7N2O/c24-17-8-12(9-18(25)20(17)26)15(22(28,29)30)10-19(27)11-5-6-14(16(7-11)23(31,32)33)21(36)35-34-13-3-1-2-4-13/h5-10,13,15,34H,1-4H2,(H,35,36)/b19-10-. The zero-order valence-electron chi connectivity index (χ0n) is 18.1. The molecular weight excluding hydrogens is 560 g/mol. The summed E-state index contributed by atoms with van der Waals surface area (Å²) in [5.41, 5.74) is 1.18. The van der Waals surface area contributed by atoms with E-state index in [2.05, 4.69) is 10.9 Å². The number of carbonyl (C=O) groups excluding carboxylic acids is 1. The average molecular weight is 578 g/mol. The van der Waals surface area contributed by atoms with Crippen molar-refractivity contribution >= 4 is 46.5 Å². The highest BCUT2D eigenvalue weighted by Gasteiger charge is 2.41. The minimum absolute atomic E-state index is 0.0860. The molecule has 2 aromatic carbocycles. The van der Waals surface area contributed by atoms with Crippen LogP contribution < -0.4 is 10.9 Å². The van der Waals surface area contributed by atoms with E-state index < -0.39 is 52.3 Å². The Morgan fingerprint density at radius 3 is 2.08 bits per heavy atom. The predicted octanol–water partition coefficient (Wildman–Crippen LogP) is 8.50. The number of hydrogen-bond donors (Lipinski definition) is 2. The topological polar surface area (TPSA) is 41.1 Å². The lowest BCUT2D eigenvalue weighted by molar-refractivity contribution is -0.140. The highest BCUT2D eigenvalue weighted by molar-refractivity contribution is 6.48. The molecule has 1 aliphatic carbocycles. The molecule has 36 heavy (non-hydrogen) atoms. The van der Waals surface area contributed by atoms with Crippen molar-refractivity contribution in [2.75, 3.05) is 0 Å². The number of halogens is 10. The van der Waals surface area contributed by atoms with Crippen LogP contribution in [0, 0.1) is 0 Å². The quantitative estimate of drug-likeness (QED) is 0.205. The zero-order valence-corrected chi connectivity index (χ0v) is 20.4. The lowest BCUT2D eigenvalue weighted by Gasteiger charge is -2.19. The lowest BCUT2D eigenvalue weighted by atomic mass is 9.95. The van der Waals surface area contributed by atoms with Crippen molar-refractivity contribution in [1.82, 2.24) is 10.9 Å². The van der Waals surface area contributed by atoms with Crippen molar-refractivity contribution in [3.05, 3.63) is 73.7 Å². The van der Waals surface area contributed by atoms with Crippen LogP contribution in [0.1, 0.15) is 58.6 Å². The smallest absolute Gasteiger partial charge is 0.287 e. The Balaban J connectivity index is 1.97. The maximum Gasteiger partial charge on any atom is 0.417 e. The van der Waals surface area contributed by atoms with E-state index in [1.807, 2.05) is 0 Å². The first kappa shape index (κ1) is 28.6. The highest BCUT2D eigenvalue weighted by atomic mass is 35.5. The van der Waals surface area contributed by atoms with Gasteiger partial charge >= 0.3 is 12.4 Å². The first-order valence-corrected chi connectivity index (χ1v) is 11.7. The Morgan fingerprint density at radius 1 is 0.972 bits per heavy atom. The zero-order chi connectivity index (χ0) is 26.8. The molecule has 1 atom stereocenters. The van der Waals surface area contributed by atoms with Crippen molar-refractivity contribution in [3.63, 3.8) is 0 Å². The molecule has 13 heteroatoms. The molecule has 196 valence electrons. The fraction of sp³-hybridized carbons (Fsp3) is 0.348. The van der Waals surface area contributed by atoms with Crippen LogP contribution >= 0.6 is 34.8 Å². The maximum atomic E-state index is 14.9. The largest absolute Gasteiger partial charge is 0.417 e. The molecule has 0 aromatic heterocycles. The molecule has 1 unspecified atom stereocenters. The molecule has 1 amide bonds. The summed E-state index contributed by atoms with van der Waals surface area (Å²) < 4.78 is 97.1. The number of hydrogen-bond acceptors (Lipinski definition) is 2. The van der Waals surface area contributed by atoms with E-state index in [-0.39, 0.29) is 33.3 Å². The summed E-state index contributed by atoms with van der Waals surface area (Å²) in [5.74, 6) is -5.30. The molecule has 2 aromatic rings. The first-order chi connectivity index (χ1) is 16.7. The Hall–Kier alpha value is -2.01. The third-order valence-electron chi connectivity index (χ3n) is 5.62. The van der Waals surface area contributed by atoms with Gasteiger partial charge in [0.2, 0.25) is 0 Å². The number of carbonyl (C=O) groups is 1. The molecule has 1 aliphatic rings. The molecule has 1 saturated carbocycles. The molecule has 0 aliphatic heterocycles. The van der Waals surface area contributed by atoms with E-state index in [1.54, 1.807) is 0 Å². The summed E-state index contributed by atoms with van der Waals surface area (Å²) >= 11 is 17.3. The number of nitrogens with one attached hydrogen (secondary N) is 2. The van der Waals surface area contributed by atoms with Crippen LogP contribution in [-0.2, 0) is 6.18 Å². The molecule has 2 N–H and O–H groups in total. The van der Waals surface area contributed by atoms with E-state index in [4.69, 9.17) is 34.8 Å². The monoisotopic (exact) mass is 576 g/mol. The van der Waals surface area contributed by atoms with Gasteiger partial charge in [0.1, 0.15) is 11.7 Å². The molecule has 3 rings (SSSR count). The van der Waals surface area contributed by atoms with Gasteiger partial charge in [-0.1, -0.05) is 53.7 Å². The number of allylic oxidation sites excluding steroid dienone is 1. The number of hydrazine groups is 1. The van der Waals surface area contributed by atoms with Crippen LogP contribution in [0.5, 0.6) is 0 Å². The Bertz CT molecular complexity index is 1140. The number of amides is 1. The van der Waals surface area contributed by atoms with E-state index in [0.717, 1.165) is 43.9 Å². The van der Waals surface area contributed by atoms with Gasteiger partial charge in [-0.05, 0) is 48.7 Å². The van der Waals surface area contributed by atoms with E-state index in [9.17, 15) is 35.5 Å². The van der Waals surface area contributed by atoms with Crippen molar-refractivity contribution in [3.8, 4) is 0 Å². The predicted molar refractivity (Wildman–Crippen MR) is 124 cm³/mol. The van der Waals surface area contributed by atoms with Gasteiger partial charge in [0, 0.05) is 11.6 Å². The third-order valence-corrected chi connectivity index (χ3v) is 6.82. The minimum atomic E-state index is -5.09. The fourth-order valence-corrected chi connectivity index (χ4v) is 4.42. The van der Waals surface area contributed by atoms with Crippen LogP contribution in [-0.4, -0.2) is 18.1 Å². The van der Waals surface area contributed by atoms with Crippen LogP contribution in [0.3, 0.4) is 0 Å². The third kappa shape index (κ3) is 6.85. The van der Waals surface area contributed by atoms with Crippen LogP contribution in [0.2, 0.25) is 15.1 Å². The SMILES string of the molecule is O=C(NNC1CCCC1)c1ccc(/C(F)=C/C(c2cc(Cl)c(Cl)c(Cl)c2)C(F)(F)F)cc1C(F)(F)F. The van der Waals surface area contributed by atoms with Gasteiger partial charge in [0.15, 0.2) is 0 Å². The summed E-state index contributed by atoms with van der Waals surface area (Å²) in [5, 5.41) is -0.843. The van der Waals surface area contributed by atoms with Gasteiger partial charge in [-0.25, -0.2) is 9.82 Å². The molecule has 1 fully saturated rings. The number of rotatable bonds is 6. The number of benzene rings is 2. The normalized spacial score (nSPS) is 16.3.